The first-order chi connectivity index (χ1) is 19.0. The van der Waals surface area contributed by atoms with Crippen molar-refractivity contribution in [2.75, 3.05) is 24.5 Å². The normalized spacial score (nSPS) is 11.9. The number of anilines is 1. The molecular formula is C29H33Cl2N3O5S. The van der Waals surface area contributed by atoms with Gasteiger partial charge in [-0.3, -0.25) is 13.9 Å². The van der Waals surface area contributed by atoms with Gasteiger partial charge in [0.2, 0.25) is 11.8 Å². The highest BCUT2D eigenvalue weighted by Gasteiger charge is 2.33. The third-order valence-corrected chi connectivity index (χ3v) is 8.81. The van der Waals surface area contributed by atoms with E-state index in [-0.39, 0.29) is 28.8 Å². The Morgan fingerprint density at radius 1 is 1.00 bits per heavy atom. The van der Waals surface area contributed by atoms with E-state index in [0.29, 0.717) is 22.2 Å². The monoisotopic (exact) mass is 605 g/mol. The number of carbonyl (C=O) groups is 2. The Bertz CT molecular complexity index is 1450. The van der Waals surface area contributed by atoms with E-state index in [4.69, 9.17) is 27.9 Å². The standard InChI is InChI=1S/C29H33Cl2N3O5S/c1-5-16-32-29(36)21(3)33(18-22-12-15-24(30)25(31)17-22)28(35)19-34(26-8-6-7-9-27(26)39-4)40(37,38)23-13-10-20(2)11-14-23/h6-15,17,21H,5,16,18-19H2,1-4H3,(H,32,36)/t21-/m1/s1. The molecule has 40 heavy (non-hydrogen) atoms. The number of ether oxygens (including phenoxy) is 1. The van der Waals surface area contributed by atoms with Crippen molar-refractivity contribution in [3.05, 3.63) is 87.9 Å². The van der Waals surface area contributed by atoms with Gasteiger partial charge < -0.3 is 15.0 Å². The van der Waals surface area contributed by atoms with E-state index in [0.717, 1.165) is 16.3 Å². The first-order valence-electron chi connectivity index (χ1n) is 12.7. The molecule has 2 amide bonds. The van der Waals surface area contributed by atoms with Crippen LogP contribution in [0.15, 0.2) is 71.6 Å². The fourth-order valence-electron chi connectivity index (χ4n) is 4.00. The summed E-state index contributed by atoms with van der Waals surface area (Å²) in [6.45, 7) is 5.23. The van der Waals surface area contributed by atoms with Gasteiger partial charge in [0.15, 0.2) is 0 Å². The van der Waals surface area contributed by atoms with Gasteiger partial charge in [-0.05, 0) is 62.2 Å². The molecule has 0 fully saturated rings. The quantitative estimate of drug-likeness (QED) is 0.296. The van der Waals surface area contributed by atoms with Crippen LogP contribution in [0.3, 0.4) is 0 Å². The SMILES string of the molecule is CCCNC(=O)[C@@H](C)N(Cc1ccc(Cl)c(Cl)c1)C(=O)CN(c1ccccc1OC)S(=O)(=O)c1ccc(C)cc1. The summed E-state index contributed by atoms with van der Waals surface area (Å²) in [5, 5.41) is 3.46. The van der Waals surface area contributed by atoms with Gasteiger partial charge in [-0.2, -0.15) is 0 Å². The number of carbonyl (C=O) groups excluding carboxylic acids is 2. The number of nitrogens with zero attached hydrogens (tertiary/aromatic N) is 2. The number of methoxy groups -OCH3 is 1. The average Bonchev–Trinajstić information content (AvgIpc) is 2.94. The zero-order chi connectivity index (χ0) is 29.4. The Balaban J connectivity index is 2.07. The van der Waals surface area contributed by atoms with E-state index < -0.39 is 28.5 Å². The lowest BCUT2D eigenvalue weighted by Crippen LogP contribution is -2.51. The van der Waals surface area contributed by atoms with Crippen molar-refractivity contribution in [3.8, 4) is 5.75 Å². The molecule has 3 aromatic carbocycles. The van der Waals surface area contributed by atoms with Crippen LogP contribution in [0.25, 0.3) is 0 Å². The molecule has 8 nitrogen and oxygen atoms in total. The zero-order valence-corrected chi connectivity index (χ0v) is 25.2. The Kier molecular flexibility index (Phi) is 10.8. The molecule has 1 N–H and O–H groups in total. The van der Waals surface area contributed by atoms with E-state index in [1.165, 1.54) is 24.1 Å². The second-order valence-electron chi connectivity index (χ2n) is 9.23. The molecule has 0 saturated heterocycles. The Labute approximate surface area is 245 Å². The van der Waals surface area contributed by atoms with E-state index in [2.05, 4.69) is 5.32 Å². The number of para-hydroxylation sites is 2. The largest absolute Gasteiger partial charge is 0.495 e. The number of aryl methyl sites for hydroxylation is 1. The highest BCUT2D eigenvalue weighted by Crippen LogP contribution is 2.33. The fourth-order valence-corrected chi connectivity index (χ4v) is 5.75. The molecule has 0 heterocycles. The summed E-state index contributed by atoms with van der Waals surface area (Å²) in [6.07, 6.45) is 0.718. The van der Waals surface area contributed by atoms with Crippen LogP contribution < -0.4 is 14.4 Å². The number of hydrogen-bond acceptors (Lipinski definition) is 5. The molecular weight excluding hydrogens is 573 g/mol. The molecule has 3 rings (SSSR count). The molecule has 0 saturated carbocycles. The summed E-state index contributed by atoms with van der Waals surface area (Å²) < 4.78 is 34.3. The fraction of sp³-hybridized carbons (Fsp3) is 0.310. The highest BCUT2D eigenvalue weighted by molar-refractivity contribution is 7.92. The minimum absolute atomic E-state index is 0.000772. The molecule has 0 unspecified atom stereocenters. The van der Waals surface area contributed by atoms with Gasteiger partial charge in [0.05, 0.1) is 27.7 Å². The molecule has 3 aromatic rings. The Morgan fingerprint density at radius 3 is 2.30 bits per heavy atom. The van der Waals surface area contributed by atoms with Crippen molar-refractivity contribution >= 4 is 50.7 Å². The molecule has 11 heteroatoms. The topological polar surface area (TPSA) is 96.0 Å². The van der Waals surface area contributed by atoms with Crippen LogP contribution in [-0.2, 0) is 26.2 Å². The number of sulfonamides is 1. The number of nitrogens with one attached hydrogen (secondary N) is 1. The maximum Gasteiger partial charge on any atom is 0.264 e. The summed E-state index contributed by atoms with van der Waals surface area (Å²) in [5.41, 5.74) is 1.71. The van der Waals surface area contributed by atoms with Crippen LogP contribution in [0.1, 0.15) is 31.4 Å². The second-order valence-corrected chi connectivity index (χ2v) is 11.9. The van der Waals surface area contributed by atoms with E-state index >= 15 is 0 Å². The third-order valence-electron chi connectivity index (χ3n) is 6.30. The molecule has 0 bridgehead atoms. The molecule has 0 aliphatic rings. The first kappa shape index (κ1) is 31.3. The van der Waals surface area contributed by atoms with Crippen molar-refractivity contribution in [1.82, 2.24) is 10.2 Å². The van der Waals surface area contributed by atoms with Crippen molar-refractivity contribution < 1.29 is 22.7 Å². The van der Waals surface area contributed by atoms with Gasteiger partial charge >= 0.3 is 0 Å². The molecule has 0 aliphatic heterocycles. The van der Waals surface area contributed by atoms with Crippen LogP contribution in [0.5, 0.6) is 5.75 Å². The van der Waals surface area contributed by atoms with Crippen LogP contribution in [0, 0.1) is 6.92 Å². The molecule has 0 spiro atoms. The highest BCUT2D eigenvalue weighted by atomic mass is 35.5. The molecule has 214 valence electrons. The average molecular weight is 607 g/mol. The summed E-state index contributed by atoms with van der Waals surface area (Å²) >= 11 is 12.3. The number of halogens is 2. The van der Waals surface area contributed by atoms with Gasteiger partial charge in [-0.1, -0.05) is 66.0 Å². The number of hydrogen-bond donors (Lipinski definition) is 1. The maximum atomic E-state index is 14.0. The van der Waals surface area contributed by atoms with Crippen molar-refractivity contribution in [2.24, 2.45) is 0 Å². The lowest BCUT2D eigenvalue weighted by atomic mass is 10.1. The summed E-state index contributed by atoms with van der Waals surface area (Å²) in [4.78, 5) is 28.3. The van der Waals surface area contributed by atoms with Crippen LogP contribution in [-0.4, -0.2) is 51.4 Å². The summed E-state index contributed by atoms with van der Waals surface area (Å²) in [5.74, 6) is -0.678. The van der Waals surface area contributed by atoms with Crippen molar-refractivity contribution in [3.63, 3.8) is 0 Å². The summed E-state index contributed by atoms with van der Waals surface area (Å²) in [7, 11) is -2.79. The van der Waals surface area contributed by atoms with E-state index in [9.17, 15) is 18.0 Å². The zero-order valence-electron chi connectivity index (χ0n) is 22.9. The van der Waals surface area contributed by atoms with Crippen LogP contribution >= 0.6 is 23.2 Å². The molecule has 0 aromatic heterocycles. The molecule has 0 radical (unpaired) electrons. The number of benzene rings is 3. The van der Waals surface area contributed by atoms with Gasteiger partial charge in [0.1, 0.15) is 18.3 Å². The Hall–Kier alpha value is -3.27. The number of rotatable bonds is 12. The van der Waals surface area contributed by atoms with Crippen molar-refractivity contribution in [2.45, 2.75) is 44.7 Å². The van der Waals surface area contributed by atoms with Gasteiger partial charge in [-0.25, -0.2) is 8.42 Å². The van der Waals surface area contributed by atoms with Gasteiger partial charge in [-0.15, -0.1) is 0 Å². The lowest BCUT2D eigenvalue weighted by molar-refractivity contribution is -0.139. The molecule has 1 atom stereocenters. The predicted molar refractivity (Wildman–Crippen MR) is 158 cm³/mol. The summed E-state index contributed by atoms with van der Waals surface area (Å²) in [6, 6.07) is 16.9. The van der Waals surface area contributed by atoms with Crippen LogP contribution in [0.4, 0.5) is 5.69 Å². The minimum atomic E-state index is -4.21. The van der Waals surface area contributed by atoms with Crippen molar-refractivity contribution in [1.29, 1.82) is 0 Å². The minimum Gasteiger partial charge on any atom is -0.495 e. The smallest absolute Gasteiger partial charge is 0.264 e. The third kappa shape index (κ3) is 7.47. The Morgan fingerprint density at radius 2 is 1.68 bits per heavy atom. The van der Waals surface area contributed by atoms with Gasteiger partial charge in [0, 0.05) is 13.1 Å². The number of amides is 2. The van der Waals surface area contributed by atoms with Gasteiger partial charge in [0.25, 0.3) is 10.0 Å². The maximum absolute atomic E-state index is 14.0. The van der Waals surface area contributed by atoms with E-state index in [1.807, 2.05) is 13.8 Å². The first-order valence-corrected chi connectivity index (χ1v) is 14.9. The predicted octanol–water partition coefficient (Wildman–Crippen LogP) is 5.45. The van der Waals surface area contributed by atoms with E-state index in [1.54, 1.807) is 61.5 Å². The second kappa shape index (κ2) is 13.9. The lowest BCUT2D eigenvalue weighted by Gasteiger charge is -2.32. The van der Waals surface area contributed by atoms with Crippen LogP contribution in [0.2, 0.25) is 10.0 Å². The molecule has 0 aliphatic carbocycles.